The molecular formula is C18H27ClN2O2. The van der Waals surface area contributed by atoms with Crippen molar-refractivity contribution >= 4 is 18.3 Å². The molecule has 128 valence electrons. The van der Waals surface area contributed by atoms with Crippen LogP contribution in [0.5, 0.6) is 0 Å². The Balaban J connectivity index is 0.00000156. The molecule has 0 saturated heterocycles. The molecule has 0 spiro atoms. The zero-order valence-electron chi connectivity index (χ0n) is 13.8. The minimum atomic E-state index is 0. The summed E-state index contributed by atoms with van der Waals surface area (Å²) in [6, 6.07) is 1.78. The molecular weight excluding hydrogens is 312 g/mol. The van der Waals surface area contributed by atoms with Crippen LogP contribution in [0.2, 0.25) is 0 Å². The fraction of sp³-hybridized carbons (Fsp3) is 0.722. The van der Waals surface area contributed by atoms with Crippen LogP contribution in [0.1, 0.15) is 54.6 Å². The SMILES string of the molecule is CN(CC12CC3CC(CC(C3)C1)C2)C(=O)c1coc(CN)c1.Cl. The average molecular weight is 339 g/mol. The van der Waals surface area contributed by atoms with E-state index in [-0.39, 0.29) is 18.3 Å². The van der Waals surface area contributed by atoms with Crippen molar-refractivity contribution in [3.63, 3.8) is 0 Å². The number of rotatable bonds is 4. The summed E-state index contributed by atoms with van der Waals surface area (Å²) in [6.07, 6.45) is 9.86. The molecule has 0 atom stereocenters. The van der Waals surface area contributed by atoms with Crippen LogP contribution in [0.25, 0.3) is 0 Å². The minimum Gasteiger partial charge on any atom is -0.467 e. The number of carbonyl (C=O) groups is 1. The van der Waals surface area contributed by atoms with E-state index in [0.717, 1.165) is 24.3 Å². The molecule has 4 bridgehead atoms. The molecule has 1 aromatic rings. The Labute approximate surface area is 144 Å². The maximum atomic E-state index is 12.6. The molecule has 5 heteroatoms. The van der Waals surface area contributed by atoms with E-state index in [1.807, 2.05) is 11.9 Å². The molecule has 2 N–H and O–H groups in total. The summed E-state index contributed by atoms with van der Waals surface area (Å²) in [5, 5.41) is 0. The second-order valence-corrected chi connectivity index (χ2v) is 8.08. The van der Waals surface area contributed by atoms with Gasteiger partial charge in [-0.2, -0.15) is 0 Å². The van der Waals surface area contributed by atoms with E-state index in [0.29, 0.717) is 23.3 Å². The highest BCUT2D eigenvalue weighted by Crippen LogP contribution is 2.60. The first kappa shape index (κ1) is 16.8. The Kier molecular flexibility index (Phi) is 4.49. The van der Waals surface area contributed by atoms with Gasteiger partial charge in [-0.1, -0.05) is 0 Å². The van der Waals surface area contributed by atoms with Crippen molar-refractivity contribution in [1.82, 2.24) is 4.90 Å². The molecule has 0 radical (unpaired) electrons. The normalized spacial score (nSPS) is 34.3. The van der Waals surface area contributed by atoms with Gasteiger partial charge < -0.3 is 15.1 Å². The first-order valence-corrected chi connectivity index (χ1v) is 8.60. The van der Waals surface area contributed by atoms with E-state index >= 15 is 0 Å². The van der Waals surface area contributed by atoms with Crippen LogP contribution in [0.3, 0.4) is 0 Å². The lowest BCUT2D eigenvalue weighted by atomic mass is 9.49. The standard InChI is InChI=1S/C18H26N2O2.ClH/c1-20(17(21)15-5-16(9-19)22-10-15)11-18-6-12-2-13(7-18)4-14(3-12)8-18;/h5,10,12-14H,2-4,6-9,11,19H2,1H3;1H. The number of amides is 1. The lowest BCUT2D eigenvalue weighted by Crippen LogP contribution is -2.51. The van der Waals surface area contributed by atoms with Gasteiger partial charge in [0.15, 0.2) is 0 Å². The van der Waals surface area contributed by atoms with Gasteiger partial charge in [0, 0.05) is 13.6 Å². The van der Waals surface area contributed by atoms with Crippen LogP contribution < -0.4 is 5.73 Å². The van der Waals surface area contributed by atoms with Crippen LogP contribution >= 0.6 is 12.4 Å². The summed E-state index contributed by atoms with van der Waals surface area (Å²) in [5.41, 5.74) is 6.58. The van der Waals surface area contributed by atoms with Gasteiger partial charge in [0.1, 0.15) is 12.0 Å². The van der Waals surface area contributed by atoms with E-state index in [9.17, 15) is 4.79 Å². The first-order chi connectivity index (χ1) is 10.6. The lowest BCUT2D eigenvalue weighted by molar-refractivity contribution is -0.0629. The molecule has 4 fully saturated rings. The van der Waals surface area contributed by atoms with Crippen LogP contribution in [-0.4, -0.2) is 24.4 Å². The van der Waals surface area contributed by atoms with Gasteiger partial charge in [-0.15, -0.1) is 12.4 Å². The van der Waals surface area contributed by atoms with Crippen LogP contribution in [0.4, 0.5) is 0 Å². The molecule has 0 aromatic carbocycles. The predicted molar refractivity (Wildman–Crippen MR) is 91.4 cm³/mol. The van der Waals surface area contributed by atoms with Gasteiger partial charge >= 0.3 is 0 Å². The Morgan fingerprint density at radius 1 is 1.26 bits per heavy atom. The van der Waals surface area contributed by atoms with Crippen molar-refractivity contribution in [3.8, 4) is 0 Å². The Morgan fingerprint density at radius 3 is 2.30 bits per heavy atom. The van der Waals surface area contributed by atoms with Crippen molar-refractivity contribution in [2.24, 2.45) is 28.9 Å². The smallest absolute Gasteiger partial charge is 0.256 e. The van der Waals surface area contributed by atoms with Gasteiger partial charge in [-0.25, -0.2) is 0 Å². The minimum absolute atomic E-state index is 0. The molecule has 0 aliphatic heterocycles. The van der Waals surface area contributed by atoms with Crippen molar-refractivity contribution in [3.05, 3.63) is 23.7 Å². The van der Waals surface area contributed by atoms with Gasteiger partial charge in [-0.05, 0) is 67.8 Å². The summed E-state index contributed by atoms with van der Waals surface area (Å²) in [4.78, 5) is 14.5. The van der Waals surface area contributed by atoms with E-state index in [1.54, 1.807) is 12.3 Å². The van der Waals surface area contributed by atoms with E-state index in [1.165, 1.54) is 38.5 Å². The maximum Gasteiger partial charge on any atom is 0.256 e. The van der Waals surface area contributed by atoms with Crippen LogP contribution in [0, 0.1) is 23.2 Å². The highest BCUT2D eigenvalue weighted by atomic mass is 35.5. The summed E-state index contributed by atoms with van der Waals surface area (Å²) >= 11 is 0. The third kappa shape index (κ3) is 3.03. The Bertz CT molecular complexity index is 548. The van der Waals surface area contributed by atoms with Crippen LogP contribution in [0.15, 0.2) is 16.7 Å². The van der Waals surface area contributed by atoms with Crippen molar-refractivity contribution in [2.75, 3.05) is 13.6 Å². The van der Waals surface area contributed by atoms with Crippen LogP contribution in [-0.2, 0) is 6.54 Å². The molecule has 4 nitrogen and oxygen atoms in total. The summed E-state index contributed by atoms with van der Waals surface area (Å²) < 4.78 is 5.31. The highest BCUT2D eigenvalue weighted by Gasteiger charge is 2.51. The van der Waals surface area contributed by atoms with Crippen molar-refractivity contribution in [1.29, 1.82) is 0 Å². The average Bonchev–Trinajstić information content (AvgIpc) is 2.93. The zero-order valence-corrected chi connectivity index (χ0v) is 14.6. The van der Waals surface area contributed by atoms with Gasteiger partial charge in [-0.3, -0.25) is 4.79 Å². The number of hydrogen-bond acceptors (Lipinski definition) is 3. The molecule has 1 aromatic heterocycles. The second-order valence-electron chi connectivity index (χ2n) is 8.08. The number of hydrogen-bond donors (Lipinski definition) is 1. The third-order valence-electron chi connectivity index (χ3n) is 6.19. The maximum absolute atomic E-state index is 12.6. The van der Waals surface area contributed by atoms with E-state index in [4.69, 9.17) is 10.2 Å². The lowest BCUT2D eigenvalue weighted by Gasteiger charge is -2.57. The third-order valence-corrected chi connectivity index (χ3v) is 6.19. The molecule has 4 aliphatic rings. The predicted octanol–water partition coefficient (Wildman–Crippen LogP) is 3.45. The number of nitrogens with two attached hydrogens (primary N) is 1. The van der Waals surface area contributed by atoms with E-state index in [2.05, 4.69) is 0 Å². The van der Waals surface area contributed by atoms with Crippen molar-refractivity contribution in [2.45, 2.75) is 45.1 Å². The molecule has 1 amide bonds. The quantitative estimate of drug-likeness (QED) is 0.914. The highest BCUT2D eigenvalue weighted by molar-refractivity contribution is 5.93. The molecule has 4 saturated carbocycles. The monoisotopic (exact) mass is 338 g/mol. The number of furan rings is 1. The topological polar surface area (TPSA) is 59.5 Å². The summed E-state index contributed by atoms with van der Waals surface area (Å²) in [6.45, 7) is 1.24. The molecule has 1 heterocycles. The fourth-order valence-corrected chi connectivity index (χ4v) is 5.88. The van der Waals surface area contributed by atoms with E-state index < -0.39 is 0 Å². The number of carbonyl (C=O) groups excluding carboxylic acids is 1. The van der Waals surface area contributed by atoms with Crippen molar-refractivity contribution < 1.29 is 9.21 Å². The number of nitrogens with zero attached hydrogens (tertiary/aromatic N) is 1. The molecule has 4 aliphatic carbocycles. The zero-order chi connectivity index (χ0) is 15.3. The molecule has 5 rings (SSSR count). The van der Waals surface area contributed by atoms with Gasteiger partial charge in [0.2, 0.25) is 0 Å². The Hall–Kier alpha value is -1.00. The number of halogens is 1. The largest absolute Gasteiger partial charge is 0.467 e. The van der Waals surface area contributed by atoms with Gasteiger partial charge in [0.25, 0.3) is 5.91 Å². The van der Waals surface area contributed by atoms with Gasteiger partial charge in [0.05, 0.1) is 12.1 Å². The first-order valence-electron chi connectivity index (χ1n) is 8.60. The fourth-order valence-electron chi connectivity index (χ4n) is 5.88. The second kappa shape index (κ2) is 6.14. The Morgan fingerprint density at radius 2 is 1.83 bits per heavy atom. The summed E-state index contributed by atoms with van der Waals surface area (Å²) in [5.74, 6) is 3.51. The molecule has 23 heavy (non-hydrogen) atoms. The molecule has 0 unspecified atom stereocenters. The summed E-state index contributed by atoms with van der Waals surface area (Å²) in [7, 11) is 1.94.